The van der Waals surface area contributed by atoms with Crippen LogP contribution in [0, 0.1) is 0 Å². The van der Waals surface area contributed by atoms with E-state index in [1.807, 2.05) is 0 Å². The summed E-state index contributed by atoms with van der Waals surface area (Å²) in [5.74, 6) is 0. The van der Waals surface area contributed by atoms with Gasteiger partial charge in [0.25, 0.3) is 0 Å². The van der Waals surface area contributed by atoms with Crippen LogP contribution < -0.4 is 0 Å². The van der Waals surface area contributed by atoms with Crippen molar-refractivity contribution < 1.29 is 0 Å². The Morgan fingerprint density at radius 1 is 0.692 bits per heavy atom. The molecule has 26 heavy (non-hydrogen) atoms. The lowest BCUT2D eigenvalue weighted by molar-refractivity contribution is 0.208. The van der Waals surface area contributed by atoms with Crippen molar-refractivity contribution in [2.45, 2.75) is 110 Å². The predicted molar refractivity (Wildman–Crippen MR) is 123 cm³/mol. The van der Waals surface area contributed by atoms with Crippen molar-refractivity contribution in [3.63, 3.8) is 0 Å². The summed E-state index contributed by atoms with van der Waals surface area (Å²) < 4.78 is 0. The molecule has 0 atom stereocenters. The first-order chi connectivity index (χ1) is 12.2. The van der Waals surface area contributed by atoms with Gasteiger partial charge in [-0.1, -0.05) is 108 Å². The number of rotatable bonds is 16. The summed E-state index contributed by atoms with van der Waals surface area (Å²) in [5, 5.41) is 0. The lowest BCUT2D eigenvalue weighted by Crippen LogP contribution is -2.31. The van der Waals surface area contributed by atoms with Gasteiger partial charge in [-0.15, -0.1) is 17.0 Å². The highest BCUT2D eigenvalue weighted by Crippen LogP contribution is 2.13. The van der Waals surface area contributed by atoms with Crippen molar-refractivity contribution in [3.8, 4) is 0 Å². The molecule has 0 bridgehead atoms. The van der Waals surface area contributed by atoms with Crippen LogP contribution in [-0.2, 0) is 6.54 Å². The SMILES string of the molecule is Br.CCCCCCCCCCCCCCN(Cc1ccccc1)C(C)C. The second-order valence-corrected chi connectivity index (χ2v) is 7.94. The molecule has 0 fully saturated rings. The maximum atomic E-state index is 2.62. The van der Waals surface area contributed by atoms with E-state index in [2.05, 4.69) is 56.0 Å². The number of hydrogen-bond acceptors (Lipinski definition) is 1. The Bertz CT molecular complexity index is 390. The van der Waals surface area contributed by atoms with E-state index in [0.29, 0.717) is 6.04 Å². The standard InChI is InChI=1S/C24H43N.BrH/c1-4-5-6-7-8-9-10-11-12-13-14-18-21-25(23(2)3)22-24-19-16-15-17-20-24;/h15-17,19-20,23H,4-14,18,21-22H2,1-3H3;1H. The van der Waals surface area contributed by atoms with Gasteiger partial charge < -0.3 is 0 Å². The van der Waals surface area contributed by atoms with Crippen molar-refractivity contribution >= 4 is 17.0 Å². The first-order valence-electron chi connectivity index (χ1n) is 11.0. The van der Waals surface area contributed by atoms with Crippen LogP contribution in [0.2, 0.25) is 0 Å². The molecular weight excluding hydrogens is 382 g/mol. The highest BCUT2D eigenvalue weighted by molar-refractivity contribution is 8.93. The summed E-state index contributed by atoms with van der Waals surface area (Å²) in [4.78, 5) is 2.62. The van der Waals surface area contributed by atoms with Crippen LogP contribution in [-0.4, -0.2) is 17.5 Å². The zero-order valence-corrected chi connectivity index (χ0v) is 19.4. The highest BCUT2D eigenvalue weighted by atomic mass is 79.9. The molecule has 0 aliphatic heterocycles. The zero-order chi connectivity index (χ0) is 18.2. The van der Waals surface area contributed by atoms with Gasteiger partial charge in [0.15, 0.2) is 0 Å². The van der Waals surface area contributed by atoms with Gasteiger partial charge in [-0.3, -0.25) is 4.90 Å². The molecule has 0 radical (unpaired) electrons. The van der Waals surface area contributed by atoms with Gasteiger partial charge in [-0.2, -0.15) is 0 Å². The minimum Gasteiger partial charge on any atom is -0.297 e. The molecule has 0 N–H and O–H groups in total. The van der Waals surface area contributed by atoms with Gasteiger partial charge in [-0.05, 0) is 32.4 Å². The average Bonchev–Trinajstić information content (AvgIpc) is 2.62. The van der Waals surface area contributed by atoms with Crippen LogP contribution in [0.3, 0.4) is 0 Å². The molecule has 0 saturated heterocycles. The summed E-state index contributed by atoms with van der Waals surface area (Å²) in [7, 11) is 0. The van der Waals surface area contributed by atoms with Crippen LogP contribution in [0.25, 0.3) is 0 Å². The van der Waals surface area contributed by atoms with Gasteiger partial charge in [-0.25, -0.2) is 0 Å². The number of hydrogen-bond donors (Lipinski definition) is 0. The molecular formula is C24H44BrN. The molecule has 152 valence electrons. The minimum atomic E-state index is 0. The molecule has 0 aliphatic rings. The van der Waals surface area contributed by atoms with E-state index < -0.39 is 0 Å². The zero-order valence-electron chi connectivity index (χ0n) is 17.7. The summed E-state index contributed by atoms with van der Waals surface area (Å²) in [6.07, 6.45) is 17.1. The third-order valence-electron chi connectivity index (χ3n) is 5.26. The largest absolute Gasteiger partial charge is 0.297 e. The molecule has 0 saturated carbocycles. The lowest BCUT2D eigenvalue weighted by atomic mass is 10.1. The van der Waals surface area contributed by atoms with E-state index in [1.54, 1.807) is 0 Å². The van der Waals surface area contributed by atoms with Crippen LogP contribution >= 0.6 is 17.0 Å². The summed E-state index contributed by atoms with van der Waals surface area (Å²) in [5.41, 5.74) is 1.44. The molecule has 0 spiro atoms. The Labute approximate surface area is 174 Å². The summed E-state index contributed by atoms with van der Waals surface area (Å²) in [6.45, 7) is 9.27. The maximum absolute atomic E-state index is 2.62. The van der Waals surface area contributed by atoms with Crippen LogP contribution in [0.4, 0.5) is 0 Å². The third kappa shape index (κ3) is 13.8. The fraction of sp³-hybridized carbons (Fsp3) is 0.750. The van der Waals surface area contributed by atoms with Crippen molar-refractivity contribution in [1.29, 1.82) is 0 Å². The summed E-state index contributed by atoms with van der Waals surface area (Å²) in [6, 6.07) is 11.5. The Kier molecular flexibility index (Phi) is 17.8. The molecule has 0 heterocycles. The van der Waals surface area contributed by atoms with E-state index in [0.717, 1.165) is 6.54 Å². The Morgan fingerprint density at radius 2 is 1.15 bits per heavy atom. The van der Waals surface area contributed by atoms with E-state index in [-0.39, 0.29) is 17.0 Å². The first kappa shape index (κ1) is 25.7. The molecule has 0 unspecified atom stereocenters. The van der Waals surface area contributed by atoms with Gasteiger partial charge in [0, 0.05) is 12.6 Å². The van der Waals surface area contributed by atoms with Gasteiger partial charge in [0.2, 0.25) is 0 Å². The fourth-order valence-corrected chi connectivity index (χ4v) is 3.49. The van der Waals surface area contributed by atoms with Gasteiger partial charge >= 0.3 is 0 Å². The Morgan fingerprint density at radius 3 is 1.62 bits per heavy atom. The number of benzene rings is 1. The van der Waals surface area contributed by atoms with Crippen LogP contribution in [0.15, 0.2) is 30.3 Å². The second-order valence-electron chi connectivity index (χ2n) is 7.94. The molecule has 1 aromatic rings. The number of unbranched alkanes of at least 4 members (excludes halogenated alkanes) is 11. The molecule has 0 aromatic heterocycles. The minimum absolute atomic E-state index is 0. The lowest BCUT2D eigenvalue weighted by Gasteiger charge is -2.26. The number of halogens is 1. The van der Waals surface area contributed by atoms with Crippen LogP contribution in [0.5, 0.6) is 0 Å². The monoisotopic (exact) mass is 425 g/mol. The van der Waals surface area contributed by atoms with Gasteiger partial charge in [0.1, 0.15) is 0 Å². The van der Waals surface area contributed by atoms with Crippen molar-refractivity contribution in [2.75, 3.05) is 6.54 Å². The van der Waals surface area contributed by atoms with Crippen LogP contribution in [0.1, 0.15) is 103 Å². The average molecular weight is 427 g/mol. The predicted octanol–water partition coefficient (Wildman–Crippen LogP) is 8.18. The second kappa shape index (κ2) is 18.0. The van der Waals surface area contributed by atoms with E-state index >= 15 is 0 Å². The maximum Gasteiger partial charge on any atom is 0.0236 e. The summed E-state index contributed by atoms with van der Waals surface area (Å²) >= 11 is 0. The molecule has 1 aromatic carbocycles. The smallest absolute Gasteiger partial charge is 0.0236 e. The van der Waals surface area contributed by atoms with E-state index in [4.69, 9.17) is 0 Å². The molecule has 1 rings (SSSR count). The highest BCUT2D eigenvalue weighted by Gasteiger charge is 2.09. The normalized spacial score (nSPS) is 11.1. The Hall–Kier alpha value is -0.340. The molecule has 0 amide bonds. The molecule has 1 nitrogen and oxygen atoms in total. The van der Waals surface area contributed by atoms with E-state index in [9.17, 15) is 0 Å². The Balaban J connectivity index is 0.00000625. The van der Waals surface area contributed by atoms with Crippen molar-refractivity contribution in [1.82, 2.24) is 4.90 Å². The van der Waals surface area contributed by atoms with Crippen molar-refractivity contribution in [3.05, 3.63) is 35.9 Å². The fourth-order valence-electron chi connectivity index (χ4n) is 3.49. The quantitative estimate of drug-likeness (QED) is 0.241. The van der Waals surface area contributed by atoms with Crippen molar-refractivity contribution in [2.24, 2.45) is 0 Å². The third-order valence-corrected chi connectivity index (χ3v) is 5.26. The topological polar surface area (TPSA) is 3.24 Å². The van der Waals surface area contributed by atoms with E-state index in [1.165, 1.54) is 89.2 Å². The first-order valence-corrected chi connectivity index (χ1v) is 11.0. The van der Waals surface area contributed by atoms with Gasteiger partial charge in [0.05, 0.1) is 0 Å². The molecule has 2 heteroatoms. The number of nitrogens with zero attached hydrogens (tertiary/aromatic N) is 1. The molecule has 0 aliphatic carbocycles.